The van der Waals surface area contributed by atoms with E-state index in [0.29, 0.717) is 25.9 Å². The molecule has 1 unspecified atom stereocenters. The van der Waals surface area contributed by atoms with Crippen LogP contribution in [0.2, 0.25) is 0 Å². The first kappa shape index (κ1) is 30.6. The van der Waals surface area contributed by atoms with Crippen molar-refractivity contribution in [2.45, 2.75) is 82.6 Å². The SMILES string of the molecule is C=C(C)OC(=O)N[C@H]1CCCCC/C=C\C2C[C@@]2(C(=O)O)NC(=O)[C@H](CCOC(=O)N2Cc3ccccc3C2)NC1=O. The van der Waals surface area contributed by atoms with E-state index < -0.39 is 47.6 Å². The van der Waals surface area contributed by atoms with Crippen molar-refractivity contribution in [3.63, 3.8) is 0 Å². The Hall–Kier alpha value is -4.35. The molecule has 12 nitrogen and oxygen atoms in total. The zero-order valence-electron chi connectivity index (χ0n) is 23.7. The topological polar surface area (TPSA) is 163 Å². The van der Waals surface area contributed by atoms with Crippen molar-refractivity contribution in [3.8, 4) is 0 Å². The van der Waals surface area contributed by atoms with Crippen LogP contribution in [0.3, 0.4) is 0 Å². The van der Waals surface area contributed by atoms with Crippen molar-refractivity contribution in [1.29, 1.82) is 0 Å². The molecule has 0 spiro atoms. The Labute approximate surface area is 244 Å². The highest BCUT2D eigenvalue weighted by molar-refractivity contribution is 5.95. The summed E-state index contributed by atoms with van der Waals surface area (Å²) in [5.74, 6) is -2.75. The lowest BCUT2D eigenvalue weighted by molar-refractivity contribution is -0.144. The van der Waals surface area contributed by atoms with E-state index in [1.807, 2.05) is 36.4 Å². The fraction of sp³-hybridized carbons (Fsp3) is 0.500. The lowest BCUT2D eigenvalue weighted by Crippen LogP contribution is -2.57. The fourth-order valence-electron chi connectivity index (χ4n) is 5.28. The molecule has 4 atom stereocenters. The number of carboxylic acids is 1. The van der Waals surface area contributed by atoms with Crippen molar-refractivity contribution in [2.24, 2.45) is 5.92 Å². The Morgan fingerprint density at radius 3 is 2.50 bits per heavy atom. The number of hydrogen-bond acceptors (Lipinski definition) is 7. The van der Waals surface area contributed by atoms with Crippen molar-refractivity contribution in [3.05, 3.63) is 59.9 Å². The van der Waals surface area contributed by atoms with Crippen LogP contribution in [0.25, 0.3) is 0 Å². The second-order valence-corrected chi connectivity index (χ2v) is 11.0. The van der Waals surface area contributed by atoms with E-state index in [-0.39, 0.29) is 31.1 Å². The summed E-state index contributed by atoms with van der Waals surface area (Å²) in [5.41, 5.74) is 0.579. The molecular formula is C30H38N4O8. The number of carbonyl (C=O) groups is 5. The third kappa shape index (κ3) is 7.68. The van der Waals surface area contributed by atoms with Crippen molar-refractivity contribution in [1.82, 2.24) is 20.9 Å². The molecule has 2 heterocycles. The zero-order chi connectivity index (χ0) is 30.3. The first-order chi connectivity index (χ1) is 20.1. The van der Waals surface area contributed by atoms with E-state index in [2.05, 4.69) is 22.5 Å². The van der Waals surface area contributed by atoms with Gasteiger partial charge in [0.1, 0.15) is 17.6 Å². The number of rotatable bonds is 6. The molecule has 1 aromatic carbocycles. The summed E-state index contributed by atoms with van der Waals surface area (Å²) in [6.45, 7) is 5.62. The lowest BCUT2D eigenvalue weighted by Gasteiger charge is -2.25. The fourth-order valence-corrected chi connectivity index (χ4v) is 5.28. The highest BCUT2D eigenvalue weighted by Crippen LogP contribution is 2.45. The Kier molecular flexibility index (Phi) is 9.87. The highest BCUT2D eigenvalue weighted by atomic mass is 16.6. The first-order valence-corrected chi connectivity index (χ1v) is 14.2. The van der Waals surface area contributed by atoms with E-state index >= 15 is 0 Å². The van der Waals surface area contributed by atoms with Crippen LogP contribution in [-0.2, 0) is 36.9 Å². The molecule has 42 heavy (non-hydrogen) atoms. The molecule has 4 N–H and O–H groups in total. The van der Waals surface area contributed by atoms with Crippen LogP contribution in [0, 0.1) is 5.92 Å². The average molecular weight is 583 g/mol. The van der Waals surface area contributed by atoms with Crippen LogP contribution in [0.1, 0.15) is 63.0 Å². The van der Waals surface area contributed by atoms with E-state index in [1.54, 1.807) is 0 Å². The number of carboxylic acid groups (broad SMARTS) is 1. The van der Waals surface area contributed by atoms with Gasteiger partial charge in [-0.25, -0.2) is 14.4 Å². The molecule has 1 fully saturated rings. The van der Waals surface area contributed by atoms with Crippen LogP contribution in [-0.4, -0.2) is 64.2 Å². The van der Waals surface area contributed by atoms with Gasteiger partial charge in [0.2, 0.25) is 11.8 Å². The number of benzene rings is 1. The monoisotopic (exact) mass is 582 g/mol. The van der Waals surface area contributed by atoms with Gasteiger partial charge in [0, 0.05) is 25.4 Å². The minimum Gasteiger partial charge on any atom is -0.479 e. The van der Waals surface area contributed by atoms with Crippen LogP contribution in [0.4, 0.5) is 9.59 Å². The van der Waals surface area contributed by atoms with Gasteiger partial charge in [0.15, 0.2) is 0 Å². The average Bonchev–Trinajstić information content (AvgIpc) is 3.45. The Bertz CT molecular complexity index is 1240. The summed E-state index contributed by atoms with van der Waals surface area (Å²) in [6, 6.07) is 5.43. The van der Waals surface area contributed by atoms with Crippen LogP contribution < -0.4 is 16.0 Å². The van der Waals surface area contributed by atoms with E-state index in [1.165, 1.54) is 11.8 Å². The smallest absolute Gasteiger partial charge is 0.412 e. The third-order valence-corrected chi connectivity index (χ3v) is 7.71. The van der Waals surface area contributed by atoms with Gasteiger partial charge in [-0.2, -0.15) is 0 Å². The molecule has 3 aliphatic rings. The van der Waals surface area contributed by atoms with Gasteiger partial charge in [0.25, 0.3) is 0 Å². The Morgan fingerprint density at radius 1 is 1.12 bits per heavy atom. The molecule has 0 bridgehead atoms. The molecule has 1 aliphatic carbocycles. The Morgan fingerprint density at radius 2 is 1.83 bits per heavy atom. The van der Waals surface area contributed by atoms with Gasteiger partial charge in [0.05, 0.1) is 12.4 Å². The predicted molar refractivity (Wildman–Crippen MR) is 151 cm³/mol. The number of nitrogens with zero attached hydrogens (tertiary/aromatic N) is 1. The maximum atomic E-state index is 13.4. The molecule has 4 amide bonds. The second-order valence-electron chi connectivity index (χ2n) is 11.0. The van der Waals surface area contributed by atoms with Gasteiger partial charge in [-0.05, 0) is 43.7 Å². The molecule has 12 heteroatoms. The molecule has 4 rings (SSSR count). The number of amides is 4. The number of carbonyl (C=O) groups excluding carboxylic acids is 4. The molecular weight excluding hydrogens is 544 g/mol. The molecule has 0 saturated heterocycles. The van der Waals surface area contributed by atoms with Crippen LogP contribution >= 0.6 is 0 Å². The minimum absolute atomic E-state index is 0.108. The van der Waals surface area contributed by atoms with Gasteiger partial charge < -0.3 is 30.5 Å². The standard InChI is InChI=1S/C30H38N4O8/c1-19(2)42-28(39)32-23-13-7-5-3-4-6-12-22-16-30(22,27(37)38)33-26(36)24(31-25(23)35)14-15-41-29(40)34-17-20-10-8-9-11-21(20)18-34/h6,8-12,22-24H,1,3-5,7,13-18H2,2H3,(H,31,35)(H,32,39)(H,33,36)(H,37,38)/b12-6-/t22?,23-,24-,30+/m0/s1. The number of nitrogens with one attached hydrogen (secondary N) is 3. The van der Waals surface area contributed by atoms with Gasteiger partial charge >= 0.3 is 18.2 Å². The second kappa shape index (κ2) is 13.5. The lowest BCUT2D eigenvalue weighted by atomic mass is 10.1. The molecule has 0 aromatic heterocycles. The molecule has 226 valence electrons. The summed E-state index contributed by atoms with van der Waals surface area (Å²) in [4.78, 5) is 65.4. The third-order valence-electron chi connectivity index (χ3n) is 7.71. The van der Waals surface area contributed by atoms with Crippen molar-refractivity contribution >= 4 is 30.0 Å². The number of hydrogen-bond donors (Lipinski definition) is 4. The largest absolute Gasteiger partial charge is 0.479 e. The maximum absolute atomic E-state index is 13.4. The number of alkyl carbamates (subject to hydrolysis) is 1. The van der Waals surface area contributed by atoms with Gasteiger partial charge in [-0.1, -0.05) is 55.8 Å². The summed E-state index contributed by atoms with van der Waals surface area (Å²) in [5, 5.41) is 17.7. The highest BCUT2D eigenvalue weighted by Gasteiger charge is 2.60. The van der Waals surface area contributed by atoms with E-state index in [4.69, 9.17) is 9.47 Å². The molecule has 1 saturated carbocycles. The molecule has 1 aromatic rings. The van der Waals surface area contributed by atoms with Gasteiger partial charge in [-0.15, -0.1) is 0 Å². The van der Waals surface area contributed by atoms with Crippen molar-refractivity contribution in [2.75, 3.05) is 6.61 Å². The molecule has 0 radical (unpaired) electrons. The van der Waals surface area contributed by atoms with Crippen LogP contribution in [0.15, 0.2) is 48.8 Å². The quantitative estimate of drug-likeness (QED) is 0.294. The van der Waals surface area contributed by atoms with Crippen LogP contribution in [0.5, 0.6) is 0 Å². The summed E-state index contributed by atoms with van der Waals surface area (Å²) >= 11 is 0. The maximum Gasteiger partial charge on any atom is 0.412 e. The summed E-state index contributed by atoms with van der Waals surface area (Å²) < 4.78 is 10.4. The minimum atomic E-state index is -1.47. The molecule has 2 aliphatic heterocycles. The normalized spacial score (nSPS) is 26.6. The number of allylic oxidation sites excluding steroid dienone is 2. The van der Waals surface area contributed by atoms with Crippen molar-refractivity contribution < 1.29 is 38.6 Å². The van der Waals surface area contributed by atoms with E-state index in [0.717, 1.165) is 30.4 Å². The number of fused-ring (bicyclic) bond motifs is 2. The number of aliphatic carboxylic acids is 1. The summed E-state index contributed by atoms with van der Waals surface area (Å²) in [7, 11) is 0. The first-order valence-electron chi connectivity index (χ1n) is 14.2. The van der Waals surface area contributed by atoms with E-state index in [9.17, 15) is 29.1 Å². The predicted octanol–water partition coefficient (Wildman–Crippen LogP) is 3.12. The zero-order valence-corrected chi connectivity index (χ0v) is 23.7. The number of ether oxygens (including phenoxy) is 2. The Balaban J connectivity index is 1.46. The summed E-state index contributed by atoms with van der Waals surface area (Å²) in [6.07, 6.45) is 5.66. The van der Waals surface area contributed by atoms with Gasteiger partial charge in [-0.3, -0.25) is 14.5 Å².